The summed E-state index contributed by atoms with van der Waals surface area (Å²) in [6.45, 7) is 7.84. The van der Waals surface area contributed by atoms with Gasteiger partial charge in [0.25, 0.3) is 5.78 Å². The number of nitrogens with zero attached hydrogens (tertiary/aromatic N) is 6. The first-order chi connectivity index (χ1) is 10.5. The molecule has 0 N–H and O–H groups in total. The lowest BCUT2D eigenvalue weighted by Crippen LogP contribution is -2.02. The SMILES string of the molecule is Cc1cc(C#N)cc(Sc2nc3nc(C)c(C)c(C)n3n2)n1. The molecule has 0 spiro atoms. The molecule has 6 nitrogen and oxygen atoms in total. The van der Waals surface area contributed by atoms with Crippen molar-refractivity contribution in [1.29, 1.82) is 5.26 Å². The Bertz CT molecular complexity index is 922. The van der Waals surface area contributed by atoms with Crippen molar-refractivity contribution in [2.75, 3.05) is 0 Å². The lowest BCUT2D eigenvalue weighted by Gasteiger charge is -2.04. The van der Waals surface area contributed by atoms with E-state index in [-0.39, 0.29) is 0 Å². The fraction of sp³-hybridized carbons (Fsp3) is 0.267. The quantitative estimate of drug-likeness (QED) is 0.724. The van der Waals surface area contributed by atoms with E-state index in [0.29, 0.717) is 21.5 Å². The average Bonchev–Trinajstić information content (AvgIpc) is 2.86. The van der Waals surface area contributed by atoms with Crippen LogP contribution >= 0.6 is 11.8 Å². The van der Waals surface area contributed by atoms with Crippen LogP contribution in [0.2, 0.25) is 0 Å². The molecule has 0 amide bonds. The molecule has 0 saturated carbocycles. The fourth-order valence-corrected chi connectivity index (χ4v) is 2.94. The van der Waals surface area contributed by atoms with Crippen molar-refractivity contribution in [3.8, 4) is 6.07 Å². The molecular weight excluding hydrogens is 296 g/mol. The van der Waals surface area contributed by atoms with Gasteiger partial charge in [0, 0.05) is 17.1 Å². The van der Waals surface area contributed by atoms with Gasteiger partial charge in [-0.25, -0.2) is 14.5 Å². The van der Waals surface area contributed by atoms with Gasteiger partial charge >= 0.3 is 0 Å². The lowest BCUT2D eigenvalue weighted by atomic mass is 10.2. The third kappa shape index (κ3) is 2.53. The number of fused-ring (bicyclic) bond motifs is 1. The van der Waals surface area contributed by atoms with Crippen molar-refractivity contribution < 1.29 is 0 Å². The Labute approximate surface area is 132 Å². The second-order valence-corrected chi connectivity index (χ2v) is 6.05. The number of pyridine rings is 1. The zero-order valence-electron chi connectivity index (χ0n) is 12.7. The maximum atomic E-state index is 9.03. The summed E-state index contributed by atoms with van der Waals surface area (Å²) in [5, 5.41) is 14.8. The van der Waals surface area contributed by atoms with Crippen molar-refractivity contribution in [2.24, 2.45) is 0 Å². The Kier molecular flexibility index (Phi) is 3.54. The zero-order chi connectivity index (χ0) is 15.9. The van der Waals surface area contributed by atoms with E-state index in [1.54, 1.807) is 16.6 Å². The van der Waals surface area contributed by atoms with E-state index in [0.717, 1.165) is 22.6 Å². The second kappa shape index (κ2) is 5.39. The molecule has 0 aliphatic heterocycles. The van der Waals surface area contributed by atoms with Gasteiger partial charge in [0.1, 0.15) is 5.03 Å². The van der Waals surface area contributed by atoms with Gasteiger partial charge in [-0.05, 0) is 57.2 Å². The maximum Gasteiger partial charge on any atom is 0.253 e. The van der Waals surface area contributed by atoms with Crippen LogP contribution in [0, 0.1) is 39.0 Å². The van der Waals surface area contributed by atoms with Crippen molar-refractivity contribution in [2.45, 2.75) is 37.9 Å². The Morgan fingerprint density at radius 3 is 2.59 bits per heavy atom. The molecule has 7 heteroatoms. The van der Waals surface area contributed by atoms with Gasteiger partial charge in [-0.2, -0.15) is 10.2 Å². The van der Waals surface area contributed by atoms with Gasteiger partial charge < -0.3 is 0 Å². The predicted octanol–water partition coefficient (Wildman–Crippen LogP) is 2.78. The first-order valence-electron chi connectivity index (χ1n) is 6.75. The topological polar surface area (TPSA) is 79.8 Å². The smallest absolute Gasteiger partial charge is 0.246 e. The summed E-state index contributed by atoms with van der Waals surface area (Å²) in [5.41, 5.74) is 4.46. The molecule has 0 fully saturated rings. The minimum absolute atomic E-state index is 0.572. The molecule has 3 aromatic rings. The number of aromatic nitrogens is 5. The molecule has 0 aromatic carbocycles. The number of rotatable bonds is 2. The highest BCUT2D eigenvalue weighted by molar-refractivity contribution is 7.99. The molecule has 22 heavy (non-hydrogen) atoms. The monoisotopic (exact) mass is 310 g/mol. The zero-order valence-corrected chi connectivity index (χ0v) is 13.6. The fourth-order valence-electron chi connectivity index (χ4n) is 2.13. The second-order valence-electron chi connectivity index (χ2n) is 5.06. The first-order valence-corrected chi connectivity index (χ1v) is 7.57. The normalized spacial score (nSPS) is 10.9. The van der Waals surface area contributed by atoms with E-state index in [4.69, 9.17) is 5.26 Å². The Morgan fingerprint density at radius 2 is 1.86 bits per heavy atom. The van der Waals surface area contributed by atoms with Gasteiger partial charge in [-0.15, -0.1) is 5.10 Å². The molecule has 3 rings (SSSR count). The van der Waals surface area contributed by atoms with Crippen molar-refractivity contribution in [3.63, 3.8) is 0 Å². The number of nitriles is 1. The first kappa shape index (κ1) is 14.5. The van der Waals surface area contributed by atoms with Gasteiger partial charge in [0.2, 0.25) is 5.16 Å². The highest BCUT2D eigenvalue weighted by Gasteiger charge is 2.12. The van der Waals surface area contributed by atoms with Crippen LogP contribution in [0.1, 0.15) is 28.2 Å². The molecule has 0 aliphatic carbocycles. The standard InChI is InChI=1S/C15H14N6S/c1-8-5-12(7-16)6-13(17-8)22-15-19-14-18-10(3)9(2)11(4)21(14)20-15/h5-6H,1-4H3. The summed E-state index contributed by atoms with van der Waals surface area (Å²) in [5.74, 6) is 0.580. The number of aryl methyl sites for hydroxylation is 3. The average molecular weight is 310 g/mol. The van der Waals surface area contributed by atoms with E-state index >= 15 is 0 Å². The maximum absolute atomic E-state index is 9.03. The van der Waals surface area contributed by atoms with Crippen LogP contribution in [-0.4, -0.2) is 24.6 Å². The third-order valence-corrected chi connectivity index (χ3v) is 4.27. The van der Waals surface area contributed by atoms with Crippen LogP contribution in [0.3, 0.4) is 0 Å². The van der Waals surface area contributed by atoms with Crippen LogP contribution in [0.15, 0.2) is 22.3 Å². The summed E-state index contributed by atoms with van der Waals surface area (Å²) in [4.78, 5) is 13.3. The molecule has 0 radical (unpaired) electrons. The van der Waals surface area contributed by atoms with Crippen LogP contribution in [0.4, 0.5) is 0 Å². The van der Waals surface area contributed by atoms with Gasteiger partial charge in [-0.3, -0.25) is 0 Å². The van der Waals surface area contributed by atoms with Crippen LogP contribution in [-0.2, 0) is 0 Å². The molecule has 0 bridgehead atoms. The molecule has 0 saturated heterocycles. The summed E-state index contributed by atoms with van der Waals surface area (Å²) in [6.07, 6.45) is 0. The molecule has 3 aromatic heterocycles. The van der Waals surface area contributed by atoms with Gasteiger partial charge in [0.05, 0.1) is 11.6 Å². The molecule has 0 atom stereocenters. The summed E-state index contributed by atoms with van der Waals surface area (Å²) >= 11 is 1.33. The van der Waals surface area contributed by atoms with E-state index in [2.05, 4.69) is 26.1 Å². The van der Waals surface area contributed by atoms with E-state index in [1.807, 2.05) is 27.7 Å². The highest BCUT2D eigenvalue weighted by Crippen LogP contribution is 2.25. The largest absolute Gasteiger partial charge is 0.253 e. The molecule has 0 unspecified atom stereocenters. The Balaban J connectivity index is 2.03. The van der Waals surface area contributed by atoms with E-state index < -0.39 is 0 Å². The van der Waals surface area contributed by atoms with E-state index in [1.165, 1.54) is 11.8 Å². The highest BCUT2D eigenvalue weighted by atomic mass is 32.2. The number of hydrogen-bond acceptors (Lipinski definition) is 6. The molecule has 3 heterocycles. The van der Waals surface area contributed by atoms with Crippen molar-refractivity contribution >= 4 is 17.5 Å². The van der Waals surface area contributed by atoms with Gasteiger partial charge in [0.15, 0.2) is 0 Å². The minimum atomic E-state index is 0.572. The number of hydrogen-bond donors (Lipinski definition) is 0. The summed E-state index contributed by atoms with van der Waals surface area (Å²) in [7, 11) is 0. The van der Waals surface area contributed by atoms with Crippen LogP contribution in [0.5, 0.6) is 0 Å². The summed E-state index contributed by atoms with van der Waals surface area (Å²) < 4.78 is 1.74. The Hall–Kier alpha value is -2.46. The van der Waals surface area contributed by atoms with Gasteiger partial charge in [-0.1, -0.05) is 0 Å². The third-order valence-electron chi connectivity index (χ3n) is 3.50. The molecular formula is C15H14N6S. The predicted molar refractivity (Wildman–Crippen MR) is 82.8 cm³/mol. The lowest BCUT2D eigenvalue weighted by molar-refractivity contribution is 0.831. The molecule has 0 aliphatic rings. The summed E-state index contributed by atoms with van der Waals surface area (Å²) in [6, 6.07) is 5.62. The molecule has 110 valence electrons. The minimum Gasteiger partial charge on any atom is -0.246 e. The van der Waals surface area contributed by atoms with E-state index in [9.17, 15) is 0 Å². The van der Waals surface area contributed by atoms with Crippen molar-refractivity contribution in [1.82, 2.24) is 24.6 Å². The van der Waals surface area contributed by atoms with Crippen LogP contribution in [0.25, 0.3) is 5.78 Å². The Morgan fingerprint density at radius 1 is 1.09 bits per heavy atom. The van der Waals surface area contributed by atoms with Crippen LogP contribution < -0.4 is 0 Å². The van der Waals surface area contributed by atoms with Crippen molar-refractivity contribution in [3.05, 3.63) is 40.3 Å².